The monoisotopic (exact) mass is 556 g/mol. The van der Waals surface area contributed by atoms with E-state index in [0.29, 0.717) is 18.3 Å². The minimum Gasteiger partial charge on any atom is -0.490 e. The summed E-state index contributed by atoms with van der Waals surface area (Å²) >= 11 is 0. The highest BCUT2D eigenvalue weighted by Crippen LogP contribution is 2.48. The number of hydrogen-bond donors (Lipinski definition) is 0. The first-order valence-corrected chi connectivity index (χ1v) is 16.9. The fourth-order valence-corrected chi connectivity index (χ4v) is 8.99. The first-order chi connectivity index (χ1) is 19.6. The molecular formula is C36H54F2O2. The van der Waals surface area contributed by atoms with Gasteiger partial charge in [-0.25, -0.2) is 4.39 Å². The maximum atomic E-state index is 14.9. The van der Waals surface area contributed by atoms with Crippen LogP contribution in [0, 0.1) is 47.1 Å². The molecule has 0 bridgehead atoms. The molecule has 40 heavy (non-hydrogen) atoms. The van der Waals surface area contributed by atoms with Crippen LogP contribution in [0.1, 0.15) is 128 Å². The molecule has 3 saturated carbocycles. The quantitative estimate of drug-likeness (QED) is 0.267. The summed E-state index contributed by atoms with van der Waals surface area (Å²) in [5, 5.41) is 0. The zero-order valence-electron chi connectivity index (χ0n) is 25.1. The minimum atomic E-state index is -0.805. The number of benzene rings is 1. The van der Waals surface area contributed by atoms with Crippen LogP contribution < -0.4 is 4.74 Å². The van der Waals surface area contributed by atoms with Gasteiger partial charge < -0.3 is 9.47 Å². The third-order valence-electron chi connectivity index (χ3n) is 11.5. The molecule has 0 aromatic heterocycles. The molecule has 5 rings (SSSR count). The average molecular weight is 557 g/mol. The molecule has 1 aromatic rings. The van der Waals surface area contributed by atoms with Gasteiger partial charge in [0.25, 0.3) is 0 Å². The van der Waals surface area contributed by atoms with Crippen LogP contribution in [-0.2, 0) is 4.74 Å². The zero-order chi connectivity index (χ0) is 27.9. The van der Waals surface area contributed by atoms with Gasteiger partial charge in [-0.3, -0.25) is 0 Å². The second kappa shape index (κ2) is 14.7. The lowest BCUT2D eigenvalue weighted by Crippen LogP contribution is -2.34. The van der Waals surface area contributed by atoms with E-state index < -0.39 is 11.6 Å². The Bertz CT molecular complexity index is 915. The van der Waals surface area contributed by atoms with Crippen LogP contribution in [0.2, 0.25) is 0 Å². The number of rotatable bonds is 10. The van der Waals surface area contributed by atoms with Crippen LogP contribution in [0.3, 0.4) is 0 Å². The van der Waals surface area contributed by atoms with Crippen LogP contribution in [0.25, 0.3) is 0 Å². The van der Waals surface area contributed by atoms with Crippen molar-refractivity contribution in [1.82, 2.24) is 0 Å². The summed E-state index contributed by atoms with van der Waals surface area (Å²) in [5.41, 5.74) is 0.561. The topological polar surface area (TPSA) is 18.5 Å². The highest BCUT2D eigenvalue weighted by molar-refractivity contribution is 5.33. The van der Waals surface area contributed by atoms with Crippen molar-refractivity contribution >= 4 is 0 Å². The van der Waals surface area contributed by atoms with Gasteiger partial charge in [0, 0.05) is 0 Å². The van der Waals surface area contributed by atoms with E-state index in [1.54, 1.807) is 12.1 Å². The first-order valence-electron chi connectivity index (χ1n) is 16.9. The maximum absolute atomic E-state index is 14.9. The summed E-state index contributed by atoms with van der Waals surface area (Å²) < 4.78 is 41.0. The Morgan fingerprint density at radius 2 is 1.27 bits per heavy atom. The van der Waals surface area contributed by atoms with Gasteiger partial charge in [-0.1, -0.05) is 19.1 Å². The average Bonchev–Trinajstić information content (AvgIpc) is 3.01. The number of ether oxygens (including phenoxy) is 2. The Balaban J connectivity index is 1.01. The molecule has 1 heterocycles. The van der Waals surface area contributed by atoms with Crippen molar-refractivity contribution in [3.8, 4) is 5.75 Å². The standard InChI is InChI=1S/C36H54F2O2/c1-3-5-6-32-20-19-31(24-40-32)29-13-11-27(12-14-29)25-7-9-26(10-8-25)28-15-17-30(18-16-28)33-21-22-34(39-23-4-2)36(38)35(33)37/h3,21-22,25-32H,1,4-20,23-24H2,2H3. The minimum absolute atomic E-state index is 0.0538. The van der Waals surface area contributed by atoms with Crippen molar-refractivity contribution in [2.24, 2.45) is 35.5 Å². The molecule has 2 atom stereocenters. The Morgan fingerprint density at radius 3 is 1.77 bits per heavy atom. The lowest BCUT2D eigenvalue weighted by molar-refractivity contribution is -0.0432. The molecule has 224 valence electrons. The van der Waals surface area contributed by atoms with Crippen molar-refractivity contribution in [3.63, 3.8) is 0 Å². The van der Waals surface area contributed by atoms with Crippen molar-refractivity contribution in [3.05, 3.63) is 42.0 Å². The van der Waals surface area contributed by atoms with E-state index in [-0.39, 0.29) is 11.7 Å². The van der Waals surface area contributed by atoms with E-state index in [4.69, 9.17) is 9.47 Å². The molecular weight excluding hydrogens is 502 g/mol. The molecule has 4 heteroatoms. The molecule has 3 aliphatic carbocycles. The Morgan fingerprint density at radius 1 is 0.750 bits per heavy atom. The Hall–Kier alpha value is -1.42. The predicted octanol–water partition coefficient (Wildman–Crippen LogP) is 10.4. The van der Waals surface area contributed by atoms with Gasteiger partial charge in [0.05, 0.1) is 19.3 Å². The third-order valence-corrected chi connectivity index (χ3v) is 11.5. The van der Waals surface area contributed by atoms with Crippen LogP contribution >= 0.6 is 0 Å². The second-order valence-corrected chi connectivity index (χ2v) is 13.7. The predicted molar refractivity (Wildman–Crippen MR) is 160 cm³/mol. The van der Waals surface area contributed by atoms with E-state index >= 15 is 0 Å². The van der Waals surface area contributed by atoms with Gasteiger partial charge in [0.1, 0.15) is 0 Å². The molecule has 0 amide bonds. The van der Waals surface area contributed by atoms with Gasteiger partial charge in [-0.05, 0) is 162 Å². The van der Waals surface area contributed by atoms with Crippen molar-refractivity contribution in [2.75, 3.05) is 13.2 Å². The summed E-state index contributed by atoms with van der Waals surface area (Å²) in [6.45, 7) is 7.22. The summed E-state index contributed by atoms with van der Waals surface area (Å²) in [6.07, 6.45) is 23.7. The molecule has 0 spiro atoms. The number of halogens is 2. The molecule has 1 aromatic carbocycles. The molecule has 0 N–H and O–H groups in total. The highest BCUT2D eigenvalue weighted by atomic mass is 19.2. The van der Waals surface area contributed by atoms with E-state index in [0.717, 1.165) is 87.1 Å². The van der Waals surface area contributed by atoms with E-state index in [2.05, 4.69) is 6.58 Å². The summed E-state index contributed by atoms with van der Waals surface area (Å²) in [4.78, 5) is 0. The molecule has 1 saturated heterocycles. The third kappa shape index (κ3) is 7.31. The van der Waals surface area contributed by atoms with Crippen molar-refractivity contribution < 1.29 is 18.3 Å². The largest absolute Gasteiger partial charge is 0.490 e. The lowest BCUT2D eigenvalue weighted by Gasteiger charge is -2.43. The maximum Gasteiger partial charge on any atom is 0.200 e. The van der Waals surface area contributed by atoms with Crippen LogP contribution in [0.4, 0.5) is 8.78 Å². The summed E-state index contributed by atoms with van der Waals surface area (Å²) in [5.74, 6) is 3.89. The Kier molecular flexibility index (Phi) is 11.0. The zero-order valence-corrected chi connectivity index (χ0v) is 25.1. The molecule has 0 radical (unpaired) electrons. The van der Waals surface area contributed by atoms with Gasteiger partial charge in [0.2, 0.25) is 5.82 Å². The second-order valence-electron chi connectivity index (χ2n) is 13.7. The lowest BCUT2D eigenvalue weighted by atomic mass is 9.64. The molecule has 4 fully saturated rings. The van der Waals surface area contributed by atoms with Crippen LogP contribution in [0.5, 0.6) is 5.75 Å². The van der Waals surface area contributed by atoms with Crippen molar-refractivity contribution in [1.29, 1.82) is 0 Å². The van der Waals surface area contributed by atoms with E-state index in [1.807, 2.05) is 13.0 Å². The van der Waals surface area contributed by atoms with Crippen LogP contribution in [0.15, 0.2) is 24.8 Å². The van der Waals surface area contributed by atoms with Crippen molar-refractivity contribution in [2.45, 2.75) is 128 Å². The summed E-state index contributed by atoms with van der Waals surface area (Å²) in [7, 11) is 0. The van der Waals surface area contributed by atoms with Crippen LogP contribution in [-0.4, -0.2) is 19.3 Å². The smallest absolute Gasteiger partial charge is 0.200 e. The normalized spacial score (nSPS) is 35.3. The SMILES string of the molecule is C=CCCC1CCC(C2CCC(C3CCC(C4CCC(c5ccc(OCCC)c(F)c5F)CC4)CC3)CC2)CO1. The molecule has 2 unspecified atom stereocenters. The van der Waals surface area contributed by atoms with E-state index in [1.165, 1.54) is 64.2 Å². The molecule has 1 aliphatic heterocycles. The Labute approximate surface area is 242 Å². The first kappa shape index (κ1) is 30.1. The fourth-order valence-electron chi connectivity index (χ4n) is 8.99. The van der Waals surface area contributed by atoms with Gasteiger partial charge >= 0.3 is 0 Å². The fraction of sp³-hybridized carbons (Fsp3) is 0.778. The highest BCUT2D eigenvalue weighted by Gasteiger charge is 2.37. The van der Waals surface area contributed by atoms with E-state index in [9.17, 15) is 8.78 Å². The van der Waals surface area contributed by atoms with Gasteiger partial charge in [-0.15, -0.1) is 6.58 Å². The molecule has 2 nitrogen and oxygen atoms in total. The number of allylic oxidation sites excluding steroid dienone is 1. The van der Waals surface area contributed by atoms with Gasteiger partial charge in [0.15, 0.2) is 11.6 Å². The summed E-state index contributed by atoms with van der Waals surface area (Å²) in [6, 6.07) is 3.41. The number of hydrogen-bond acceptors (Lipinski definition) is 2. The van der Waals surface area contributed by atoms with Gasteiger partial charge in [-0.2, -0.15) is 4.39 Å². The molecule has 4 aliphatic rings.